The van der Waals surface area contributed by atoms with E-state index in [0.29, 0.717) is 25.8 Å². The summed E-state index contributed by atoms with van der Waals surface area (Å²) in [6.07, 6.45) is 5.69. The van der Waals surface area contributed by atoms with E-state index in [1.54, 1.807) is 0 Å². The van der Waals surface area contributed by atoms with Crippen molar-refractivity contribution in [3.63, 3.8) is 0 Å². The molecule has 98 valence electrons. The number of rotatable bonds is 3. The van der Waals surface area contributed by atoms with Crippen molar-refractivity contribution in [1.29, 1.82) is 0 Å². The van der Waals surface area contributed by atoms with Gasteiger partial charge >= 0.3 is 0 Å². The van der Waals surface area contributed by atoms with Gasteiger partial charge in [0.05, 0.1) is 0 Å². The van der Waals surface area contributed by atoms with E-state index in [-0.39, 0.29) is 11.8 Å². The summed E-state index contributed by atoms with van der Waals surface area (Å²) < 4.78 is 0. The van der Waals surface area contributed by atoms with Crippen molar-refractivity contribution in [2.45, 2.75) is 32.1 Å². The summed E-state index contributed by atoms with van der Waals surface area (Å²) in [6.45, 7) is 0.539. The second-order valence-corrected chi connectivity index (χ2v) is 5.22. The highest BCUT2D eigenvalue weighted by Gasteiger charge is 2.25. The van der Waals surface area contributed by atoms with Crippen LogP contribution in [0.1, 0.15) is 36.8 Å². The number of piperidine rings is 1. The molecule has 0 atom stereocenters. The molecule has 1 heterocycles. The fourth-order valence-corrected chi connectivity index (χ4v) is 2.82. The van der Waals surface area contributed by atoms with Crippen LogP contribution < -0.4 is 0 Å². The largest absolute Gasteiger partial charge is 0.282 e. The van der Waals surface area contributed by atoms with Gasteiger partial charge in [-0.05, 0) is 30.4 Å². The molecule has 0 aromatic heterocycles. The first-order chi connectivity index (χ1) is 9.24. The highest BCUT2D eigenvalue weighted by atomic mass is 16.2. The van der Waals surface area contributed by atoms with E-state index in [2.05, 4.69) is 18.2 Å². The molecule has 0 saturated carbocycles. The van der Waals surface area contributed by atoms with E-state index >= 15 is 0 Å². The average Bonchev–Trinajstić information content (AvgIpc) is 2.81. The maximum absolute atomic E-state index is 11.7. The van der Waals surface area contributed by atoms with Crippen molar-refractivity contribution in [3.05, 3.63) is 41.0 Å². The first-order valence-corrected chi connectivity index (χ1v) is 6.84. The van der Waals surface area contributed by atoms with Crippen LogP contribution in [0.5, 0.6) is 0 Å². The predicted molar refractivity (Wildman–Crippen MR) is 73.3 cm³/mol. The Balaban J connectivity index is 1.62. The maximum Gasteiger partial charge on any atom is 0.229 e. The van der Waals surface area contributed by atoms with E-state index in [1.807, 2.05) is 12.1 Å². The summed E-state index contributed by atoms with van der Waals surface area (Å²) in [5, 5.41) is 0. The quantitative estimate of drug-likeness (QED) is 0.778. The number of imide groups is 1. The van der Waals surface area contributed by atoms with E-state index in [9.17, 15) is 9.59 Å². The molecule has 1 aromatic carbocycles. The first kappa shape index (κ1) is 12.2. The summed E-state index contributed by atoms with van der Waals surface area (Å²) in [7, 11) is 0. The molecule has 1 aliphatic heterocycles. The van der Waals surface area contributed by atoms with Crippen molar-refractivity contribution >= 4 is 17.9 Å². The normalized spacial score (nSPS) is 18.5. The van der Waals surface area contributed by atoms with E-state index in [1.165, 1.54) is 21.6 Å². The Morgan fingerprint density at radius 2 is 1.79 bits per heavy atom. The lowest BCUT2D eigenvalue weighted by molar-refractivity contribution is -0.147. The van der Waals surface area contributed by atoms with Gasteiger partial charge in [-0.2, -0.15) is 0 Å². The molecule has 3 rings (SSSR count). The predicted octanol–water partition coefficient (Wildman–Crippen LogP) is 2.56. The fraction of sp³-hybridized carbons (Fsp3) is 0.375. The van der Waals surface area contributed by atoms with Gasteiger partial charge in [0.15, 0.2) is 0 Å². The highest BCUT2D eigenvalue weighted by Crippen LogP contribution is 2.27. The van der Waals surface area contributed by atoms with Gasteiger partial charge < -0.3 is 0 Å². The van der Waals surface area contributed by atoms with Gasteiger partial charge in [-0.3, -0.25) is 14.5 Å². The Hall–Kier alpha value is -1.90. The van der Waals surface area contributed by atoms with Crippen LogP contribution in [-0.2, 0) is 16.0 Å². The number of amides is 2. The molecule has 3 nitrogen and oxygen atoms in total. The molecule has 3 heteroatoms. The smallest absolute Gasteiger partial charge is 0.229 e. The van der Waals surface area contributed by atoms with Crippen LogP contribution in [0, 0.1) is 0 Å². The van der Waals surface area contributed by atoms with Crippen LogP contribution >= 0.6 is 0 Å². The van der Waals surface area contributed by atoms with Crippen molar-refractivity contribution in [3.8, 4) is 0 Å². The molecule has 2 aliphatic rings. The van der Waals surface area contributed by atoms with Crippen LogP contribution in [0.25, 0.3) is 6.08 Å². The summed E-state index contributed by atoms with van der Waals surface area (Å²) >= 11 is 0. The Bertz CT molecular complexity index is 544. The van der Waals surface area contributed by atoms with Gasteiger partial charge in [0, 0.05) is 19.4 Å². The van der Waals surface area contributed by atoms with Crippen molar-refractivity contribution in [1.82, 2.24) is 4.90 Å². The monoisotopic (exact) mass is 255 g/mol. The third-order valence-corrected chi connectivity index (χ3v) is 3.87. The molecule has 2 amide bonds. The van der Waals surface area contributed by atoms with Crippen LogP contribution in [-0.4, -0.2) is 23.3 Å². The number of hydrogen-bond acceptors (Lipinski definition) is 2. The molecule has 1 fully saturated rings. The van der Waals surface area contributed by atoms with Crippen LogP contribution in [0.2, 0.25) is 0 Å². The Labute approximate surface area is 112 Å². The van der Waals surface area contributed by atoms with Crippen LogP contribution in [0.4, 0.5) is 0 Å². The minimum absolute atomic E-state index is 0.00707. The molecule has 0 bridgehead atoms. The van der Waals surface area contributed by atoms with E-state index in [0.717, 1.165) is 12.8 Å². The van der Waals surface area contributed by atoms with Crippen LogP contribution in [0.15, 0.2) is 29.8 Å². The number of carbonyl (C=O) groups excluding carboxylic acids is 2. The lowest BCUT2D eigenvalue weighted by atomic mass is 10.1. The zero-order valence-electron chi connectivity index (χ0n) is 10.9. The van der Waals surface area contributed by atoms with Gasteiger partial charge in [-0.25, -0.2) is 0 Å². The Morgan fingerprint density at radius 3 is 2.53 bits per heavy atom. The summed E-state index contributed by atoms with van der Waals surface area (Å²) in [5.74, 6) is -0.0141. The topological polar surface area (TPSA) is 37.4 Å². The molecule has 0 N–H and O–H groups in total. The maximum atomic E-state index is 11.7. The molecule has 1 aliphatic carbocycles. The number of hydrogen-bond donors (Lipinski definition) is 0. The second kappa shape index (κ2) is 5.00. The second-order valence-electron chi connectivity index (χ2n) is 5.22. The van der Waals surface area contributed by atoms with Gasteiger partial charge in [-0.15, -0.1) is 0 Å². The number of carbonyl (C=O) groups is 2. The first-order valence-electron chi connectivity index (χ1n) is 6.84. The molecule has 0 radical (unpaired) electrons. The summed E-state index contributed by atoms with van der Waals surface area (Å²) in [5.41, 5.74) is 3.93. The summed E-state index contributed by atoms with van der Waals surface area (Å²) in [6, 6.07) is 8.33. The molecule has 1 aromatic rings. The molecule has 0 unspecified atom stereocenters. The van der Waals surface area contributed by atoms with Gasteiger partial charge in [0.1, 0.15) is 0 Å². The third-order valence-electron chi connectivity index (χ3n) is 3.87. The number of fused-ring (bicyclic) bond motifs is 1. The SMILES string of the molecule is O=C1CCCC(=O)N1CCC1=Cc2ccccc2C1. The standard InChI is InChI=1S/C16H17NO2/c18-15-6-3-7-16(19)17(15)9-8-12-10-13-4-1-2-5-14(13)11-12/h1-2,4-5,10H,3,6-9,11H2. The zero-order valence-corrected chi connectivity index (χ0v) is 10.9. The molecule has 0 spiro atoms. The van der Waals surface area contributed by atoms with E-state index in [4.69, 9.17) is 0 Å². The summed E-state index contributed by atoms with van der Waals surface area (Å²) in [4.78, 5) is 24.9. The van der Waals surface area contributed by atoms with Gasteiger partial charge in [0.25, 0.3) is 0 Å². The Morgan fingerprint density at radius 1 is 1.05 bits per heavy atom. The van der Waals surface area contributed by atoms with Crippen molar-refractivity contribution < 1.29 is 9.59 Å². The van der Waals surface area contributed by atoms with E-state index < -0.39 is 0 Å². The number of benzene rings is 1. The van der Waals surface area contributed by atoms with Crippen molar-refractivity contribution in [2.24, 2.45) is 0 Å². The number of nitrogens with zero attached hydrogens (tertiary/aromatic N) is 1. The molecule has 19 heavy (non-hydrogen) atoms. The minimum Gasteiger partial charge on any atom is -0.282 e. The zero-order chi connectivity index (χ0) is 13.2. The van der Waals surface area contributed by atoms with Gasteiger partial charge in [0.2, 0.25) is 11.8 Å². The van der Waals surface area contributed by atoms with Gasteiger partial charge in [-0.1, -0.05) is 35.9 Å². The fourth-order valence-electron chi connectivity index (χ4n) is 2.82. The highest BCUT2D eigenvalue weighted by molar-refractivity contribution is 5.97. The molecule has 1 saturated heterocycles. The minimum atomic E-state index is -0.00707. The average molecular weight is 255 g/mol. The number of likely N-dealkylation sites (tertiary alicyclic amines) is 1. The van der Waals surface area contributed by atoms with Crippen LogP contribution in [0.3, 0.4) is 0 Å². The lowest BCUT2D eigenvalue weighted by Crippen LogP contribution is -2.40. The Kier molecular flexibility index (Phi) is 3.20. The third kappa shape index (κ3) is 2.46. The lowest BCUT2D eigenvalue weighted by Gasteiger charge is -2.24. The van der Waals surface area contributed by atoms with Crippen molar-refractivity contribution in [2.75, 3.05) is 6.54 Å². The molecular weight excluding hydrogens is 238 g/mol. The molecular formula is C16H17NO2.